The van der Waals surface area contributed by atoms with E-state index in [1.165, 1.54) is 41.3 Å². The number of nitrogens with two attached hydrogens (primary N) is 1. The fourth-order valence-electron chi connectivity index (χ4n) is 3.54. The summed E-state index contributed by atoms with van der Waals surface area (Å²) in [6, 6.07) is 8.31. The maximum Gasteiger partial charge on any atom is 0.251 e. The first-order valence-electron chi connectivity index (χ1n) is 9.90. The topological polar surface area (TPSA) is 108 Å². The van der Waals surface area contributed by atoms with Crippen molar-refractivity contribution in [2.75, 3.05) is 32.1 Å². The van der Waals surface area contributed by atoms with Crippen molar-refractivity contribution < 1.29 is 19.1 Å². The predicted octanol–water partition coefficient (Wildman–Crippen LogP) is 1.64. The Labute approximate surface area is 175 Å². The number of hydrogen-bond donors (Lipinski definition) is 4. The molecular formula is C22H27FN4O3. The molecule has 0 unspecified atom stereocenters. The van der Waals surface area contributed by atoms with E-state index in [-0.39, 0.29) is 29.2 Å². The molecule has 30 heavy (non-hydrogen) atoms. The van der Waals surface area contributed by atoms with Crippen LogP contribution in [0.3, 0.4) is 0 Å². The average molecular weight is 414 g/mol. The van der Waals surface area contributed by atoms with E-state index in [2.05, 4.69) is 10.6 Å². The Balaban J connectivity index is 1.78. The Bertz CT molecular complexity index is 931. The van der Waals surface area contributed by atoms with Gasteiger partial charge in [0.25, 0.3) is 5.91 Å². The third-order valence-electron chi connectivity index (χ3n) is 5.30. The monoisotopic (exact) mass is 414 g/mol. The van der Waals surface area contributed by atoms with E-state index >= 15 is 0 Å². The highest BCUT2D eigenvalue weighted by Crippen LogP contribution is 2.30. The Kier molecular flexibility index (Phi) is 6.69. The van der Waals surface area contributed by atoms with E-state index < -0.39 is 22.9 Å². The van der Waals surface area contributed by atoms with Gasteiger partial charge < -0.3 is 26.4 Å². The van der Waals surface area contributed by atoms with Crippen LogP contribution in [0.5, 0.6) is 5.75 Å². The lowest BCUT2D eigenvalue weighted by molar-refractivity contribution is 0.0928. The van der Waals surface area contributed by atoms with Gasteiger partial charge in [-0.3, -0.25) is 9.59 Å². The van der Waals surface area contributed by atoms with Crippen LogP contribution < -0.4 is 21.3 Å². The molecule has 0 spiro atoms. The summed E-state index contributed by atoms with van der Waals surface area (Å²) in [6.45, 7) is 1.51. The standard InChI is InChI=1S/C22H27FN4O3/c1-27(2)17-9-10-18(28)19(20(17)23)21(29)13-5-7-14(8-6-13)22(30)26-16-4-3-11-25-12-15(16)24/h5-10,15-16,25,28H,3-4,11-12,24H2,1-2H3,(H,26,30)/t15-,16-/m1/s1. The predicted molar refractivity (Wildman–Crippen MR) is 114 cm³/mol. The van der Waals surface area contributed by atoms with Crippen LogP contribution in [0.1, 0.15) is 39.1 Å². The number of benzene rings is 2. The number of anilines is 1. The molecule has 0 aliphatic carbocycles. The van der Waals surface area contributed by atoms with Crippen molar-refractivity contribution in [1.29, 1.82) is 0 Å². The van der Waals surface area contributed by atoms with Crippen LogP contribution in [-0.4, -0.2) is 56.1 Å². The molecule has 160 valence electrons. The molecule has 1 fully saturated rings. The number of phenols is 1. The van der Waals surface area contributed by atoms with Crippen LogP contribution in [0.15, 0.2) is 36.4 Å². The molecule has 2 aromatic carbocycles. The minimum atomic E-state index is -0.789. The quantitative estimate of drug-likeness (QED) is 0.554. The highest BCUT2D eigenvalue weighted by molar-refractivity contribution is 6.11. The molecule has 7 nitrogen and oxygen atoms in total. The number of carbonyl (C=O) groups excluding carboxylic acids is 2. The van der Waals surface area contributed by atoms with Crippen molar-refractivity contribution in [3.8, 4) is 5.75 Å². The van der Waals surface area contributed by atoms with Crippen molar-refractivity contribution in [1.82, 2.24) is 10.6 Å². The van der Waals surface area contributed by atoms with Crippen LogP contribution in [0.25, 0.3) is 0 Å². The first-order valence-corrected chi connectivity index (χ1v) is 9.90. The highest BCUT2D eigenvalue weighted by atomic mass is 19.1. The molecule has 0 saturated carbocycles. The molecule has 2 atom stereocenters. The Morgan fingerprint density at radius 2 is 1.83 bits per heavy atom. The van der Waals surface area contributed by atoms with Crippen molar-refractivity contribution >= 4 is 17.4 Å². The van der Waals surface area contributed by atoms with Gasteiger partial charge in [-0.25, -0.2) is 4.39 Å². The third kappa shape index (κ3) is 4.60. The Hall–Kier alpha value is -2.97. The minimum Gasteiger partial charge on any atom is -0.507 e. The van der Waals surface area contributed by atoms with Gasteiger partial charge in [0.15, 0.2) is 11.6 Å². The van der Waals surface area contributed by atoms with Crippen LogP contribution in [0.2, 0.25) is 0 Å². The number of aromatic hydroxyl groups is 1. The summed E-state index contributed by atoms with van der Waals surface area (Å²) < 4.78 is 14.8. The van der Waals surface area contributed by atoms with Gasteiger partial charge in [-0.15, -0.1) is 0 Å². The number of nitrogens with one attached hydrogen (secondary N) is 2. The summed E-state index contributed by atoms with van der Waals surface area (Å²) in [7, 11) is 3.29. The lowest BCUT2D eigenvalue weighted by Crippen LogP contribution is -2.50. The zero-order valence-corrected chi connectivity index (χ0v) is 17.1. The van der Waals surface area contributed by atoms with Crippen LogP contribution in [0, 0.1) is 5.82 Å². The molecule has 3 rings (SSSR count). The number of ketones is 1. The largest absolute Gasteiger partial charge is 0.507 e. The number of hydrogen-bond acceptors (Lipinski definition) is 6. The van der Waals surface area contributed by atoms with E-state index in [0.717, 1.165) is 19.4 Å². The van der Waals surface area contributed by atoms with E-state index in [1.54, 1.807) is 14.1 Å². The Morgan fingerprint density at radius 3 is 2.50 bits per heavy atom. The molecule has 0 bridgehead atoms. The van der Waals surface area contributed by atoms with E-state index in [0.29, 0.717) is 12.1 Å². The van der Waals surface area contributed by atoms with Gasteiger partial charge in [0, 0.05) is 43.9 Å². The van der Waals surface area contributed by atoms with Gasteiger partial charge in [-0.05, 0) is 43.7 Å². The third-order valence-corrected chi connectivity index (χ3v) is 5.30. The molecule has 0 aromatic heterocycles. The molecule has 8 heteroatoms. The first kappa shape index (κ1) is 21.7. The summed E-state index contributed by atoms with van der Waals surface area (Å²) >= 11 is 0. The number of rotatable bonds is 5. The number of carbonyl (C=O) groups is 2. The van der Waals surface area contributed by atoms with Crippen LogP contribution >= 0.6 is 0 Å². The minimum absolute atomic E-state index is 0.131. The second-order valence-corrected chi connectivity index (χ2v) is 7.68. The molecule has 1 amide bonds. The van der Waals surface area contributed by atoms with Gasteiger partial charge in [-0.2, -0.15) is 0 Å². The summed E-state index contributed by atoms with van der Waals surface area (Å²) in [4.78, 5) is 26.9. The molecule has 1 saturated heterocycles. The number of halogens is 1. The van der Waals surface area contributed by atoms with Crippen LogP contribution in [0.4, 0.5) is 10.1 Å². The number of phenolic OH excluding ortho intramolecular Hbond substituents is 1. The van der Waals surface area contributed by atoms with Crippen molar-refractivity contribution in [3.05, 3.63) is 58.9 Å². The van der Waals surface area contributed by atoms with Crippen molar-refractivity contribution in [2.45, 2.75) is 24.9 Å². The average Bonchev–Trinajstić information content (AvgIpc) is 2.92. The van der Waals surface area contributed by atoms with Gasteiger partial charge in [0.05, 0.1) is 5.69 Å². The van der Waals surface area contributed by atoms with Gasteiger partial charge >= 0.3 is 0 Å². The molecule has 1 heterocycles. The normalized spacial score (nSPS) is 19.1. The summed E-state index contributed by atoms with van der Waals surface area (Å²) in [6.07, 6.45) is 1.71. The van der Waals surface area contributed by atoms with E-state index in [9.17, 15) is 19.1 Å². The molecule has 5 N–H and O–H groups in total. The van der Waals surface area contributed by atoms with Gasteiger partial charge in [-0.1, -0.05) is 12.1 Å². The van der Waals surface area contributed by atoms with E-state index in [1.807, 2.05) is 0 Å². The lowest BCUT2D eigenvalue weighted by Gasteiger charge is -2.22. The smallest absolute Gasteiger partial charge is 0.251 e. The highest BCUT2D eigenvalue weighted by Gasteiger charge is 2.24. The fourth-order valence-corrected chi connectivity index (χ4v) is 3.54. The molecule has 0 radical (unpaired) electrons. The summed E-state index contributed by atoms with van der Waals surface area (Å²) in [5.41, 5.74) is 6.46. The second kappa shape index (κ2) is 9.23. The van der Waals surface area contributed by atoms with Gasteiger partial charge in [0.2, 0.25) is 0 Å². The summed E-state index contributed by atoms with van der Waals surface area (Å²) in [5, 5.41) is 16.2. The number of amides is 1. The lowest BCUT2D eigenvalue weighted by atomic mass is 9.99. The van der Waals surface area contributed by atoms with Crippen molar-refractivity contribution in [3.63, 3.8) is 0 Å². The first-order chi connectivity index (χ1) is 14.3. The van der Waals surface area contributed by atoms with E-state index in [4.69, 9.17) is 5.73 Å². The number of nitrogens with zero attached hydrogens (tertiary/aromatic N) is 1. The molecule has 2 aromatic rings. The molecule has 1 aliphatic rings. The zero-order valence-electron chi connectivity index (χ0n) is 17.1. The second-order valence-electron chi connectivity index (χ2n) is 7.68. The van der Waals surface area contributed by atoms with Crippen LogP contribution in [-0.2, 0) is 0 Å². The summed E-state index contributed by atoms with van der Waals surface area (Å²) in [5.74, 6) is -2.15. The molecule has 1 aliphatic heterocycles. The SMILES string of the molecule is CN(C)c1ccc(O)c(C(=O)c2ccc(C(=O)N[C@@H]3CCCNC[C@H]3N)cc2)c1F. The fraction of sp³-hybridized carbons (Fsp3) is 0.364. The molecular weight excluding hydrogens is 387 g/mol. The maximum atomic E-state index is 14.8. The van der Waals surface area contributed by atoms with Crippen molar-refractivity contribution in [2.24, 2.45) is 5.73 Å². The Morgan fingerprint density at radius 1 is 1.17 bits per heavy atom. The zero-order chi connectivity index (χ0) is 21.8. The van der Waals surface area contributed by atoms with Gasteiger partial charge in [0.1, 0.15) is 11.3 Å². The maximum absolute atomic E-state index is 14.8.